The molecular formula is C13H17NO4. The van der Waals surface area contributed by atoms with Crippen LogP contribution in [0.1, 0.15) is 31.2 Å². The molecule has 0 saturated heterocycles. The first kappa shape index (κ1) is 12.8. The van der Waals surface area contributed by atoms with E-state index in [4.69, 9.17) is 4.74 Å². The van der Waals surface area contributed by atoms with Crippen LogP contribution in [0.25, 0.3) is 0 Å². The van der Waals surface area contributed by atoms with Crippen molar-refractivity contribution in [2.75, 3.05) is 0 Å². The lowest BCUT2D eigenvalue weighted by Gasteiger charge is -2.28. The lowest BCUT2D eigenvalue weighted by molar-refractivity contribution is -0.386. The highest BCUT2D eigenvalue weighted by molar-refractivity contribution is 5.52. The molecule has 0 bridgehead atoms. The lowest BCUT2D eigenvalue weighted by atomic mass is 9.95. The molecule has 1 saturated carbocycles. The van der Waals surface area contributed by atoms with Crippen LogP contribution in [-0.4, -0.2) is 22.2 Å². The maximum absolute atomic E-state index is 11.0. The molecular weight excluding hydrogens is 234 g/mol. The maximum atomic E-state index is 11.0. The maximum Gasteiger partial charge on any atom is 0.313 e. The van der Waals surface area contributed by atoms with Gasteiger partial charge in [0.1, 0.15) is 6.10 Å². The van der Waals surface area contributed by atoms with Gasteiger partial charge in [-0.2, -0.15) is 0 Å². The third-order valence-corrected chi connectivity index (χ3v) is 3.33. The Labute approximate surface area is 106 Å². The molecule has 1 N–H and O–H groups in total. The molecule has 5 heteroatoms. The molecule has 0 spiro atoms. The molecule has 1 aromatic rings. The fourth-order valence-corrected chi connectivity index (χ4v) is 2.34. The topological polar surface area (TPSA) is 72.6 Å². The average molecular weight is 251 g/mol. The molecule has 1 fully saturated rings. The minimum atomic E-state index is -0.529. The van der Waals surface area contributed by atoms with Crippen LogP contribution in [0, 0.1) is 17.0 Å². The van der Waals surface area contributed by atoms with Gasteiger partial charge in [-0.15, -0.1) is 0 Å². The Morgan fingerprint density at radius 3 is 2.78 bits per heavy atom. The highest BCUT2D eigenvalue weighted by Gasteiger charge is 2.28. The van der Waals surface area contributed by atoms with Crippen LogP contribution in [0.5, 0.6) is 5.75 Å². The Balaban J connectivity index is 2.23. The highest BCUT2D eigenvalue weighted by atomic mass is 16.6. The fourth-order valence-electron chi connectivity index (χ4n) is 2.34. The van der Waals surface area contributed by atoms with Crippen molar-refractivity contribution < 1.29 is 14.8 Å². The van der Waals surface area contributed by atoms with E-state index in [2.05, 4.69) is 0 Å². The summed E-state index contributed by atoms with van der Waals surface area (Å²) in [5, 5.41) is 20.9. The average Bonchev–Trinajstić information content (AvgIpc) is 2.31. The summed E-state index contributed by atoms with van der Waals surface area (Å²) in [6, 6.07) is 5.00. The van der Waals surface area contributed by atoms with Crippen molar-refractivity contribution in [3.05, 3.63) is 33.9 Å². The largest absolute Gasteiger partial charge is 0.481 e. The molecule has 0 aromatic heterocycles. The number of aliphatic hydroxyl groups is 1. The summed E-state index contributed by atoms with van der Waals surface area (Å²) in [5.74, 6) is 0.256. The van der Waals surface area contributed by atoms with Gasteiger partial charge >= 0.3 is 5.69 Å². The van der Waals surface area contributed by atoms with Gasteiger partial charge < -0.3 is 9.84 Å². The van der Waals surface area contributed by atoms with E-state index >= 15 is 0 Å². The first-order valence-electron chi connectivity index (χ1n) is 6.18. The Hall–Kier alpha value is -1.62. The first-order chi connectivity index (χ1) is 8.59. The SMILES string of the molecule is Cc1cccc(O[C@@H]2CCCC[C@H]2O)c1[N+](=O)[O-]. The summed E-state index contributed by atoms with van der Waals surface area (Å²) in [4.78, 5) is 10.6. The van der Waals surface area contributed by atoms with E-state index in [0.29, 0.717) is 12.0 Å². The smallest absolute Gasteiger partial charge is 0.313 e. The third-order valence-electron chi connectivity index (χ3n) is 3.33. The Kier molecular flexibility index (Phi) is 3.81. The normalized spacial score (nSPS) is 23.7. The van der Waals surface area contributed by atoms with E-state index in [0.717, 1.165) is 19.3 Å². The number of rotatable bonds is 3. The van der Waals surface area contributed by atoms with Crippen LogP contribution in [0.3, 0.4) is 0 Å². The van der Waals surface area contributed by atoms with E-state index in [1.807, 2.05) is 0 Å². The summed E-state index contributed by atoms with van der Waals surface area (Å²) in [6.07, 6.45) is 2.55. The molecule has 18 heavy (non-hydrogen) atoms. The number of hydrogen-bond acceptors (Lipinski definition) is 4. The number of hydrogen-bond donors (Lipinski definition) is 1. The number of ether oxygens (including phenoxy) is 1. The number of nitro groups is 1. The molecule has 0 radical (unpaired) electrons. The second kappa shape index (κ2) is 5.35. The molecule has 0 amide bonds. The molecule has 1 aromatic carbocycles. The van der Waals surface area contributed by atoms with E-state index in [1.54, 1.807) is 25.1 Å². The summed E-state index contributed by atoms with van der Waals surface area (Å²) >= 11 is 0. The van der Waals surface area contributed by atoms with Crippen molar-refractivity contribution in [2.45, 2.75) is 44.8 Å². The molecule has 1 aliphatic carbocycles. The predicted octanol–water partition coefficient (Wildman–Crippen LogP) is 2.59. The quantitative estimate of drug-likeness (QED) is 0.662. The zero-order valence-corrected chi connectivity index (χ0v) is 10.3. The minimum Gasteiger partial charge on any atom is -0.481 e. The highest BCUT2D eigenvalue weighted by Crippen LogP contribution is 2.33. The van der Waals surface area contributed by atoms with Gasteiger partial charge in [0, 0.05) is 5.56 Å². The summed E-state index contributed by atoms with van der Waals surface area (Å²) < 4.78 is 5.65. The van der Waals surface area contributed by atoms with E-state index in [1.165, 1.54) is 0 Å². The van der Waals surface area contributed by atoms with Crippen molar-refractivity contribution >= 4 is 5.69 Å². The van der Waals surface area contributed by atoms with Crippen LogP contribution in [-0.2, 0) is 0 Å². The van der Waals surface area contributed by atoms with E-state index in [-0.39, 0.29) is 17.5 Å². The molecule has 98 valence electrons. The summed E-state index contributed by atoms with van der Waals surface area (Å²) in [6.45, 7) is 1.68. The van der Waals surface area contributed by atoms with Crippen LogP contribution in [0.15, 0.2) is 18.2 Å². The number of nitrogens with zero attached hydrogens (tertiary/aromatic N) is 1. The van der Waals surface area contributed by atoms with Gasteiger partial charge in [-0.25, -0.2) is 0 Å². The van der Waals surface area contributed by atoms with Crippen molar-refractivity contribution in [3.63, 3.8) is 0 Å². The molecule has 0 aliphatic heterocycles. The third kappa shape index (κ3) is 2.61. The van der Waals surface area contributed by atoms with Crippen molar-refractivity contribution in [1.82, 2.24) is 0 Å². The van der Waals surface area contributed by atoms with Gasteiger partial charge in [-0.3, -0.25) is 10.1 Å². The van der Waals surface area contributed by atoms with E-state index < -0.39 is 11.0 Å². The second-order valence-corrected chi connectivity index (χ2v) is 4.69. The monoisotopic (exact) mass is 251 g/mol. The van der Waals surface area contributed by atoms with Crippen molar-refractivity contribution in [3.8, 4) is 5.75 Å². The number of aryl methyl sites for hydroxylation is 1. The molecule has 2 rings (SSSR count). The zero-order valence-electron chi connectivity index (χ0n) is 10.3. The Bertz CT molecular complexity index is 447. The lowest BCUT2D eigenvalue weighted by Crippen LogP contribution is -2.34. The number of para-hydroxylation sites is 1. The second-order valence-electron chi connectivity index (χ2n) is 4.69. The fraction of sp³-hybridized carbons (Fsp3) is 0.538. The molecule has 0 heterocycles. The standard InChI is InChI=1S/C13H17NO4/c1-9-5-4-8-12(13(9)14(16)17)18-11-7-3-2-6-10(11)15/h4-5,8,10-11,15H,2-3,6-7H2,1H3/t10-,11-/m1/s1. The van der Waals surface area contributed by atoms with Crippen molar-refractivity contribution in [2.24, 2.45) is 0 Å². The molecule has 5 nitrogen and oxygen atoms in total. The molecule has 0 unspecified atom stereocenters. The predicted molar refractivity (Wildman–Crippen MR) is 66.7 cm³/mol. The van der Waals surface area contributed by atoms with Gasteiger partial charge in [0.15, 0.2) is 5.75 Å². The molecule has 1 aliphatic rings. The van der Waals surface area contributed by atoms with Crippen LogP contribution in [0.4, 0.5) is 5.69 Å². The minimum absolute atomic E-state index is 0.00438. The number of benzene rings is 1. The summed E-state index contributed by atoms with van der Waals surface area (Å²) in [7, 11) is 0. The Morgan fingerprint density at radius 1 is 1.39 bits per heavy atom. The van der Waals surface area contributed by atoms with Gasteiger partial charge in [0.2, 0.25) is 0 Å². The number of nitro benzene ring substituents is 1. The molecule has 2 atom stereocenters. The van der Waals surface area contributed by atoms with Gasteiger partial charge in [-0.05, 0) is 32.3 Å². The van der Waals surface area contributed by atoms with Crippen LogP contribution >= 0.6 is 0 Å². The Morgan fingerprint density at radius 2 is 2.11 bits per heavy atom. The first-order valence-corrected chi connectivity index (χ1v) is 6.18. The van der Waals surface area contributed by atoms with Crippen LogP contribution in [0.2, 0.25) is 0 Å². The van der Waals surface area contributed by atoms with Gasteiger partial charge in [0.25, 0.3) is 0 Å². The van der Waals surface area contributed by atoms with Gasteiger partial charge in [-0.1, -0.05) is 18.6 Å². The zero-order chi connectivity index (χ0) is 13.1. The number of aliphatic hydroxyl groups excluding tert-OH is 1. The van der Waals surface area contributed by atoms with Gasteiger partial charge in [0.05, 0.1) is 11.0 Å². The van der Waals surface area contributed by atoms with Crippen LogP contribution < -0.4 is 4.74 Å². The van der Waals surface area contributed by atoms with Crippen molar-refractivity contribution in [1.29, 1.82) is 0 Å². The van der Waals surface area contributed by atoms with E-state index in [9.17, 15) is 15.2 Å². The summed E-state index contributed by atoms with van der Waals surface area (Å²) in [5.41, 5.74) is 0.568.